The molecule has 2 fully saturated rings. The lowest BCUT2D eigenvalue weighted by Gasteiger charge is -2.22. The molecular weight excluding hydrogens is 338 g/mol. The van der Waals surface area contributed by atoms with E-state index in [2.05, 4.69) is 34.0 Å². The van der Waals surface area contributed by atoms with Crippen molar-refractivity contribution >= 4 is 12.1 Å². The zero-order valence-electron chi connectivity index (χ0n) is 16.6. The third kappa shape index (κ3) is 6.06. The molecule has 3 aliphatic rings. The summed E-state index contributed by atoms with van der Waals surface area (Å²) in [5.41, 5.74) is 1.39. The average Bonchev–Trinajstić information content (AvgIpc) is 3.39. The molecule has 1 heterocycles. The van der Waals surface area contributed by atoms with Gasteiger partial charge in [0, 0.05) is 31.0 Å². The number of aryl methyl sites for hydroxylation is 1. The molecule has 3 unspecified atom stereocenters. The molecule has 3 atom stereocenters. The number of anilines is 1. The van der Waals surface area contributed by atoms with Gasteiger partial charge in [-0.2, -0.15) is 0 Å². The second-order valence-corrected chi connectivity index (χ2v) is 8.04. The van der Waals surface area contributed by atoms with E-state index in [1.807, 2.05) is 13.0 Å². The fourth-order valence-corrected chi connectivity index (χ4v) is 4.06. The quantitative estimate of drug-likeness (QED) is 0.731. The summed E-state index contributed by atoms with van der Waals surface area (Å²) < 4.78 is 4.74. The second kappa shape index (κ2) is 9.88. The maximum Gasteiger partial charge on any atom is 0.169 e. The summed E-state index contributed by atoms with van der Waals surface area (Å²) >= 11 is 0. The Labute approximate surface area is 162 Å². The van der Waals surface area contributed by atoms with Crippen molar-refractivity contribution in [3.8, 4) is 0 Å². The van der Waals surface area contributed by atoms with E-state index in [4.69, 9.17) is 4.52 Å². The Bertz CT molecular complexity index is 658. The Morgan fingerprint density at radius 3 is 2.74 bits per heavy atom. The molecule has 2 N–H and O–H groups in total. The number of carbonyl (C=O) groups is 1. The third-order valence-corrected chi connectivity index (χ3v) is 5.80. The van der Waals surface area contributed by atoms with E-state index in [1.165, 1.54) is 50.6 Å². The molecule has 5 heteroatoms. The van der Waals surface area contributed by atoms with Gasteiger partial charge in [0.25, 0.3) is 0 Å². The predicted octanol–water partition coefficient (Wildman–Crippen LogP) is 4.27. The molecule has 0 radical (unpaired) electrons. The molecule has 1 aromatic rings. The maximum atomic E-state index is 10.9. The molecule has 0 aliphatic heterocycles. The smallest absolute Gasteiger partial charge is 0.169 e. The molecule has 2 saturated carbocycles. The van der Waals surface area contributed by atoms with Crippen molar-refractivity contribution in [2.75, 3.05) is 18.9 Å². The molecule has 0 amide bonds. The first-order chi connectivity index (χ1) is 13.2. The van der Waals surface area contributed by atoms with Gasteiger partial charge in [-0.1, -0.05) is 42.6 Å². The minimum absolute atomic E-state index is 0.125. The normalized spacial score (nSPS) is 27.3. The Balaban J connectivity index is 0.000000221. The Morgan fingerprint density at radius 1 is 1.30 bits per heavy atom. The average molecular weight is 372 g/mol. The fraction of sp³-hybridized carbons (Fsp3) is 0.636. The number of hydrogen-bond donors (Lipinski definition) is 2. The molecule has 3 aliphatic carbocycles. The van der Waals surface area contributed by atoms with Crippen molar-refractivity contribution in [1.29, 1.82) is 0 Å². The van der Waals surface area contributed by atoms with Gasteiger partial charge in [0.05, 0.1) is 0 Å². The molecule has 148 valence electrons. The van der Waals surface area contributed by atoms with Crippen molar-refractivity contribution in [1.82, 2.24) is 10.5 Å². The summed E-state index contributed by atoms with van der Waals surface area (Å²) in [6, 6.07) is 2.50. The Morgan fingerprint density at radius 2 is 2.11 bits per heavy atom. The number of carbonyl (C=O) groups excluding carboxylic acids is 1. The van der Waals surface area contributed by atoms with Crippen LogP contribution >= 0.6 is 0 Å². The van der Waals surface area contributed by atoms with Gasteiger partial charge < -0.3 is 20.0 Å². The van der Waals surface area contributed by atoms with Crippen LogP contribution < -0.4 is 10.6 Å². The van der Waals surface area contributed by atoms with Gasteiger partial charge in [0.1, 0.15) is 12.0 Å². The lowest BCUT2D eigenvalue weighted by molar-refractivity contribution is -0.109. The zero-order chi connectivity index (χ0) is 19.1. The summed E-state index contributed by atoms with van der Waals surface area (Å²) in [6.07, 6.45) is 16.9. The van der Waals surface area contributed by atoms with Crippen LogP contribution in [0, 0.1) is 24.7 Å². The van der Waals surface area contributed by atoms with Crippen molar-refractivity contribution < 1.29 is 9.32 Å². The van der Waals surface area contributed by atoms with Crippen LogP contribution in [0.2, 0.25) is 0 Å². The lowest BCUT2D eigenvalue weighted by Crippen LogP contribution is -2.27. The predicted molar refractivity (Wildman–Crippen MR) is 109 cm³/mol. The van der Waals surface area contributed by atoms with Crippen LogP contribution in [-0.2, 0) is 4.79 Å². The van der Waals surface area contributed by atoms with Crippen molar-refractivity contribution in [3.05, 3.63) is 35.6 Å². The summed E-state index contributed by atoms with van der Waals surface area (Å²) in [5.74, 6) is 3.31. The van der Waals surface area contributed by atoms with Gasteiger partial charge in [0.2, 0.25) is 0 Å². The van der Waals surface area contributed by atoms with Gasteiger partial charge in [-0.3, -0.25) is 0 Å². The summed E-state index contributed by atoms with van der Waals surface area (Å²) in [6.45, 7) is 3.06. The number of nitrogens with one attached hydrogen (secondary N) is 2. The molecule has 1 aromatic heterocycles. The highest BCUT2D eigenvalue weighted by atomic mass is 16.5. The minimum atomic E-state index is 0.125. The van der Waals surface area contributed by atoms with Crippen LogP contribution in [0.25, 0.3) is 0 Å². The molecule has 0 saturated heterocycles. The van der Waals surface area contributed by atoms with Gasteiger partial charge >= 0.3 is 0 Å². The summed E-state index contributed by atoms with van der Waals surface area (Å²) in [5, 5.41) is 10.2. The van der Waals surface area contributed by atoms with E-state index in [9.17, 15) is 4.79 Å². The lowest BCUT2D eigenvalue weighted by atomic mass is 9.89. The van der Waals surface area contributed by atoms with Gasteiger partial charge in [-0.05, 0) is 50.6 Å². The molecule has 27 heavy (non-hydrogen) atoms. The highest BCUT2D eigenvalue weighted by Crippen LogP contribution is 2.40. The van der Waals surface area contributed by atoms with Gasteiger partial charge in [-0.15, -0.1) is 0 Å². The molecule has 5 nitrogen and oxygen atoms in total. The Kier molecular flexibility index (Phi) is 7.27. The zero-order valence-corrected chi connectivity index (χ0v) is 16.6. The molecule has 0 bridgehead atoms. The van der Waals surface area contributed by atoms with Gasteiger partial charge in [0.15, 0.2) is 5.82 Å². The van der Waals surface area contributed by atoms with Crippen LogP contribution in [-0.4, -0.2) is 31.1 Å². The van der Waals surface area contributed by atoms with E-state index >= 15 is 0 Å². The molecular formula is C22H33N3O2. The van der Waals surface area contributed by atoms with E-state index in [-0.39, 0.29) is 5.92 Å². The van der Waals surface area contributed by atoms with Crippen molar-refractivity contribution in [3.63, 3.8) is 0 Å². The largest absolute Gasteiger partial charge is 0.370 e. The van der Waals surface area contributed by atoms with Crippen molar-refractivity contribution in [2.45, 2.75) is 57.9 Å². The monoisotopic (exact) mass is 371 g/mol. The molecule has 0 spiro atoms. The first kappa shape index (κ1) is 19.9. The molecule has 4 rings (SSSR count). The standard InChI is InChI=1S/C17H25NO.C5H8N2O/c19-12-14-7-4-8-15(9-14)16-10-17(16)18-11-13-5-2-1-3-6-13;1-4-3-5(6-2)7-8-4/h4,8-9,12-14,16-18H,1-3,5-7,10-11H2;3H,1-2H3,(H,6,7). The number of aldehydes is 1. The van der Waals surface area contributed by atoms with Crippen LogP contribution in [0.1, 0.15) is 50.7 Å². The second-order valence-electron chi connectivity index (χ2n) is 8.04. The number of aromatic nitrogens is 1. The number of nitrogens with zero attached hydrogens (tertiary/aromatic N) is 1. The van der Waals surface area contributed by atoms with Crippen LogP contribution in [0.5, 0.6) is 0 Å². The van der Waals surface area contributed by atoms with Crippen LogP contribution in [0.3, 0.4) is 0 Å². The highest BCUT2D eigenvalue weighted by molar-refractivity contribution is 5.59. The van der Waals surface area contributed by atoms with Crippen LogP contribution in [0.15, 0.2) is 34.4 Å². The number of rotatable bonds is 6. The van der Waals surface area contributed by atoms with E-state index in [1.54, 1.807) is 7.05 Å². The number of hydrogen-bond acceptors (Lipinski definition) is 5. The van der Waals surface area contributed by atoms with Crippen molar-refractivity contribution in [2.24, 2.45) is 17.8 Å². The summed E-state index contributed by atoms with van der Waals surface area (Å²) in [4.78, 5) is 10.9. The Hall–Kier alpha value is -1.88. The van der Waals surface area contributed by atoms with E-state index in [0.29, 0.717) is 12.0 Å². The van der Waals surface area contributed by atoms with E-state index in [0.717, 1.165) is 30.2 Å². The first-order valence-electron chi connectivity index (χ1n) is 10.4. The third-order valence-electron chi connectivity index (χ3n) is 5.80. The van der Waals surface area contributed by atoms with Gasteiger partial charge in [-0.25, -0.2) is 0 Å². The SMILES string of the molecule is CNc1cc(C)on1.O=CC1C=C(C2CC2NCC2CCCCC2)C=CC1. The molecule has 0 aromatic carbocycles. The topological polar surface area (TPSA) is 67.2 Å². The first-order valence-corrected chi connectivity index (χ1v) is 10.4. The number of allylic oxidation sites excluding steroid dienone is 3. The summed E-state index contributed by atoms with van der Waals surface area (Å²) in [7, 11) is 1.80. The van der Waals surface area contributed by atoms with E-state index < -0.39 is 0 Å². The highest BCUT2D eigenvalue weighted by Gasteiger charge is 2.39. The van der Waals surface area contributed by atoms with Crippen LogP contribution in [0.4, 0.5) is 5.82 Å². The maximum absolute atomic E-state index is 10.9. The fourth-order valence-electron chi connectivity index (χ4n) is 4.06. The minimum Gasteiger partial charge on any atom is -0.370 e.